The number of allylic oxidation sites excluding steroid dienone is 2. The van der Waals surface area contributed by atoms with Gasteiger partial charge in [0, 0.05) is 41.9 Å². The second-order valence-electron chi connectivity index (χ2n) is 7.10. The smallest absolute Gasteiger partial charge is 0.254 e. The third kappa shape index (κ3) is 4.58. The van der Waals surface area contributed by atoms with Gasteiger partial charge < -0.3 is 4.90 Å². The summed E-state index contributed by atoms with van der Waals surface area (Å²) in [4.78, 5) is 18.6. The van der Waals surface area contributed by atoms with Crippen molar-refractivity contribution in [1.82, 2.24) is 9.88 Å². The Morgan fingerprint density at radius 2 is 2.07 bits per heavy atom. The normalized spacial score (nSPS) is 17.7. The molecule has 1 aliphatic carbocycles. The van der Waals surface area contributed by atoms with Gasteiger partial charge in [-0.25, -0.2) is 8.78 Å². The fraction of sp³-hybridized carbons (Fsp3) is 0.400. The number of alkyl halides is 2. The van der Waals surface area contributed by atoms with Crippen molar-refractivity contribution in [1.29, 1.82) is 0 Å². The molecule has 1 aromatic heterocycles. The van der Waals surface area contributed by atoms with Crippen LogP contribution in [0.3, 0.4) is 0 Å². The van der Waals surface area contributed by atoms with Crippen LogP contribution in [0.1, 0.15) is 37.9 Å². The second-order valence-corrected chi connectivity index (χ2v) is 7.88. The molecule has 0 spiro atoms. The molecule has 0 radical (unpaired) electrons. The van der Waals surface area contributed by atoms with Crippen molar-refractivity contribution in [3.05, 3.63) is 62.4 Å². The average molecular weight is 413 g/mol. The van der Waals surface area contributed by atoms with E-state index in [0.29, 0.717) is 34.4 Å². The van der Waals surface area contributed by atoms with Gasteiger partial charge in [0.1, 0.15) is 0 Å². The molecule has 144 valence electrons. The van der Waals surface area contributed by atoms with Crippen molar-refractivity contribution < 1.29 is 13.6 Å². The zero-order valence-electron chi connectivity index (χ0n) is 15.2. The van der Waals surface area contributed by atoms with E-state index in [1.54, 1.807) is 17.2 Å². The highest BCUT2D eigenvalue weighted by atomic mass is 35.5. The largest absolute Gasteiger partial charge is 0.330 e. The number of nitrogens with zero attached hydrogens (tertiary/aromatic N) is 2. The predicted octanol–water partition coefficient (Wildman–Crippen LogP) is 5.43. The number of amides is 1. The molecule has 1 aromatic rings. The molecule has 1 amide bonds. The Hall–Kier alpha value is -1.72. The third-order valence-corrected chi connectivity index (χ3v) is 5.57. The third-order valence-electron chi connectivity index (χ3n) is 4.69. The summed E-state index contributed by atoms with van der Waals surface area (Å²) in [7, 11) is 0. The summed E-state index contributed by atoms with van der Waals surface area (Å²) in [6.07, 6.45) is 5.89. The molecule has 0 saturated carbocycles. The van der Waals surface area contributed by atoms with Crippen LogP contribution in [-0.4, -0.2) is 28.3 Å². The molecule has 0 bridgehead atoms. The van der Waals surface area contributed by atoms with Crippen LogP contribution in [0, 0.1) is 0 Å². The molecule has 0 N–H and O–H groups in total. The van der Waals surface area contributed by atoms with Gasteiger partial charge in [-0.2, -0.15) is 0 Å². The maximum atomic E-state index is 13.0. The Morgan fingerprint density at radius 3 is 2.74 bits per heavy atom. The first-order valence-electron chi connectivity index (χ1n) is 8.71. The van der Waals surface area contributed by atoms with Crippen LogP contribution in [-0.2, 0) is 17.8 Å². The van der Waals surface area contributed by atoms with Crippen LogP contribution in [0.5, 0.6) is 0 Å². The summed E-state index contributed by atoms with van der Waals surface area (Å²) in [5.74, 6) is -2.84. The van der Waals surface area contributed by atoms with E-state index in [-0.39, 0.29) is 18.7 Å². The van der Waals surface area contributed by atoms with E-state index in [0.717, 1.165) is 30.1 Å². The second kappa shape index (κ2) is 7.72. The first-order valence-corrected chi connectivity index (χ1v) is 9.47. The van der Waals surface area contributed by atoms with Crippen LogP contribution in [0.15, 0.2) is 46.2 Å². The fourth-order valence-electron chi connectivity index (χ4n) is 3.17. The maximum absolute atomic E-state index is 13.0. The minimum Gasteiger partial charge on any atom is -0.330 e. The lowest BCUT2D eigenvalue weighted by Gasteiger charge is -2.18. The van der Waals surface area contributed by atoms with Gasteiger partial charge in [-0.1, -0.05) is 40.9 Å². The Bertz CT molecular complexity index is 869. The molecule has 27 heavy (non-hydrogen) atoms. The van der Waals surface area contributed by atoms with E-state index in [1.165, 1.54) is 0 Å². The number of halogens is 4. The predicted molar refractivity (Wildman–Crippen MR) is 103 cm³/mol. The van der Waals surface area contributed by atoms with Crippen molar-refractivity contribution in [3.63, 3.8) is 0 Å². The molecular formula is C20H20Cl2F2N2O. The zero-order valence-corrected chi connectivity index (χ0v) is 16.7. The summed E-state index contributed by atoms with van der Waals surface area (Å²) < 4.78 is 26.1. The van der Waals surface area contributed by atoms with E-state index < -0.39 is 5.92 Å². The molecule has 3 nitrogen and oxygen atoms in total. The highest BCUT2D eigenvalue weighted by Gasteiger charge is 2.31. The molecule has 3 rings (SSSR count). The number of hydrogen-bond donors (Lipinski definition) is 0. The molecule has 7 heteroatoms. The number of hydrogen-bond acceptors (Lipinski definition) is 2. The van der Waals surface area contributed by atoms with Gasteiger partial charge in [0.25, 0.3) is 5.91 Å². The van der Waals surface area contributed by atoms with E-state index >= 15 is 0 Å². The Kier molecular flexibility index (Phi) is 5.73. The van der Waals surface area contributed by atoms with Crippen molar-refractivity contribution in [2.45, 2.75) is 45.6 Å². The highest BCUT2D eigenvalue weighted by molar-refractivity contribution is 6.33. The summed E-state index contributed by atoms with van der Waals surface area (Å²) >= 11 is 12.6. The standard InChI is InChI=1S/C20H20Cl2F2N2O/c1-12-4-3-5-14-15(18(12)22)11-26(19(14)27)10-13-8-16(21)17(25-9-13)6-7-20(2,23)24/h3,5,8-9H,4,6-7,10-11H2,1-2H3. The van der Waals surface area contributed by atoms with E-state index in [1.807, 2.05) is 19.1 Å². The number of carbonyl (C=O) groups excluding carboxylic acids is 1. The van der Waals surface area contributed by atoms with Gasteiger partial charge in [-0.3, -0.25) is 9.78 Å². The van der Waals surface area contributed by atoms with Crippen LogP contribution in [0.4, 0.5) is 8.78 Å². The van der Waals surface area contributed by atoms with Crippen molar-refractivity contribution in [2.75, 3.05) is 6.54 Å². The molecular weight excluding hydrogens is 393 g/mol. The first kappa shape index (κ1) is 20.0. The number of carbonyl (C=O) groups is 1. The topological polar surface area (TPSA) is 33.2 Å². The van der Waals surface area contributed by atoms with Gasteiger partial charge in [0.15, 0.2) is 0 Å². The Balaban J connectivity index is 1.72. The van der Waals surface area contributed by atoms with E-state index in [9.17, 15) is 13.6 Å². The van der Waals surface area contributed by atoms with Crippen LogP contribution in [0.25, 0.3) is 0 Å². The lowest BCUT2D eigenvalue weighted by atomic mass is 10.1. The molecule has 0 fully saturated rings. The number of aryl methyl sites for hydroxylation is 1. The number of pyridine rings is 1. The fourth-order valence-corrected chi connectivity index (χ4v) is 3.69. The highest BCUT2D eigenvalue weighted by Crippen LogP contribution is 2.34. The average Bonchev–Trinajstić information content (AvgIpc) is 2.81. The van der Waals surface area contributed by atoms with E-state index in [4.69, 9.17) is 23.2 Å². The molecule has 0 unspecified atom stereocenters. The van der Waals surface area contributed by atoms with Crippen LogP contribution >= 0.6 is 23.2 Å². The minimum absolute atomic E-state index is 0.0834. The van der Waals surface area contributed by atoms with Gasteiger partial charge in [0.2, 0.25) is 5.92 Å². The molecule has 0 atom stereocenters. The molecule has 0 saturated heterocycles. The van der Waals surface area contributed by atoms with E-state index in [2.05, 4.69) is 4.98 Å². The van der Waals surface area contributed by atoms with Crippen LogP contribution < -0.4 is 0 Å². The summed E-state index contributed by atoms with van der Waals surface area (Å²) in [6.45, 7) is 3.59. The maximum Gasteiger partial charge on any atom is 0.254 e. The van der Waals surface area contributed by atoms with Gasteiger partial charge >= 0.3 is 0 Å². The molecule has 2 heterocycles. The molecule has 0 aromatic carbocycles. The summed E-state index contributed by atoms with van der Waals surface area (Å²) in [5.41, 5.74) is 3.69. The van der Waals surface area contributed by atoms with Crippen LogP contribution in [0.2, 0.25) is 5.02 Å². The van der Waals surface area contributed by atoms with Crippen molar-refractivity contribution in [3.8, 4) is 0 Å². The van der Waals surface area contributed by atoms with Gasteiger partial charge in [-0.05, 0) is 38.3 Å². The monoisotopic (exact) mass is 412 g/mol. The minimum atomic E-state index is -2.76. The number of rotatable bonds is 5. The quantitative estimate of drug-likeness (QED) is 0.645. The zero-order chi connectivity index (χ0) is 19.8. The lowest BCUT2D eigenvalue weighted by Crippen LogP contribution is -2.26. The Labute approximate surface area is 167 Å². The van der Waals surface area contributed by atoms with Crippen molar-refractivity contribution >= 4 is 29.1 Å². The summed E-state index contributed by atoms with van der Waals surface area (Å²) in [6, 6.07) is 1.69. The first-order chi connectivity index (χ1) is 12.7. The van der Waals surface area contributed by atoms with Crippen molar-refractivity contribution in [2.24, 2.45) is 0 Å². The SMILES string of the molecule is CC1=C(Cl)C2=C(C=CC1)C(=O)N(Cc1cnc(CCC(C)(F)F)c(Cl)c1)C2. The lowest BCUT2D eigenvalue weighted by molar-refractivity contribution is -0.125. The molecule has 2 aliphatic rings. The van der Waals surface area contributed by atoms with Gasteiger partial charge in [0.05, 0.1) is 10.7 Å². The van der Waals surface area contributed by atoms with Gasteiger partial charge in [-0.15, -0.1) is 0 Å². The Morgan fingerprint density at radius 1 is 1.33 bits per heavy atom. The number of aromatic nitrogens is 1. The molecule has 1 aliphatic heterocycles. The summed E-state index contributed by atoms with van der Waals surface area (Å²) in [5, 5.41) is 0.990.